The Bertz CT molecular complexity index is 2550. The molecule has 1 saturated heterocycles. The summed E-state index contributed by atoms with van der Waals surface area (Å²) >= 11 is 0. The van der Waals surface area contributed by atoms with E-state index in [9.17, 15) is 19.5 Å². The zero-order chi connectivity index (χ0) is 43.3. The van der Waals surface area contributed by atoms with Crippen molar-refractivity contribution in [2.45, 2.75) is 82.5 Å². The summed E-state index contributed by atoms with van der Waals surface area (Å²) in [7, 11) is -3.66. The molecule has 1 spiro atoms. The summed E-state index contributed by atoms with van der Waals surface area (Å²) in [5.74, 6) is -1.41. The normalized spacial score (nSPS) is 21.9. The van der Waals surface area contributed by atoms with Crippen LogP contribution in [0.15, 0.2) is 121 Å². The summed E-state index contributed by atoms with van der Waals surface area (Å²) in [5.41, 5.74) is 5.48. The minimum atomic E-state index is -3.66. The van der Waals surface area contributed by atoms with E-state index < -0.39 is 31.6 Å². The van der Waals surface area contributed by atoms with Crippen LogP contribution in [0.25, 0.3) is 0 Å². The molecule has 1 fully saturated rings. The molecule has 12 heteroatoms. The van der Waals surface area contributed by atoms with Crippen LogP contribution in [-0.4, -0.2) is 61.3 Å². The SMILES string of the molecule is C[C@@H]1[C@@H]([Si](C)(C)F)[C@H](CC(=O)N(CCO)Cc2ccccc2)O[C@@]12C(=O)N(Cc1ccc(N3C(=O)CCc4ccccc43)cc1)c1ccc(N3C(=O)CCc4ccccc43)cc12. The van der Waals surface area contributed by atoms with Gasteiger partial charge in [-0.25, -0.2) is 0 Å². The fourth-order valence-electron chi connectivity index (χ4n) is 10.4. The van der Waals surface area contributed by atoms with Gasteiger partial charge in [-0.05, 0) is 90.7 Å². The van der Waals surface area contributed by atoms with Gasteiger partial charge in [0.2, 0.25) is 26.1 Å². The van der Waals surface area contributed by atoms with Crippen molar-refractivity contribution in [2.24, 2.45) is 5.92 Å². The third kappa shape index (κ3) is 7.23. The number of amides is 4. The molecule has 4 atom stereocenters. The molecule has 5 aromatic carbocycles. The number of aryl methyl sites for hydroxylation is 2. The molecule has 0 aromatic heterocycles. The first-order chi connectivity index (χ1) is 29.9. The number of rotatable bonds is 11. The number of aliphatic hydroxyl groups excluding tert-OH is 1. The molecule has 4 heterocycles. The Morgan fingerprint density at radius 3 is 1.95 bits per heavy atom. The van der Waals surface area contributed by atoms with Gasteiger partial charge in [-0.15, -0.1) is 0 Å². The average Bonchev–Trinajstić information content (AvgIpc) is 3.69. The lowest BCUT2D eigenvalue weighted by Gasteiger charge is -2.32. The predicted octanol–water partition coefficient (Wildman–Crippen LogP) is 8.64. The Morgan fingerprint density at radius 2 is 1.34 bits per heavy atom. The van der Waals surface area contributed by atoms with Gasteiger partial charge >= 0.3 is 0 Å². The molecule has 0 saturated carbocycles. The number of aliphatic hydroxyl groups is 1. The molecule has 1 N–H and O–H groups in total. The molecule has 62 heavy (non-hydrogen) atoms. The molecule has 0 radical (unpaired) electrons. The Morgan fingerprint density at radius 1 is 0.758 bits per heavy atom. The summed E-state index contributed by atoms with van der Waals surface area (Å²) < 4.78 is 24.0. The lowest BCUT2D eigenvalue weighted by atomic mass is 9.82. The number of halogens is 1. The fraction of sp³-hybridized carbons (Fsp3) is 0.320. The smallest absolute Gasteiger partial charge is 0.264 e. The number of ether oxygens (including phenoxy) is 1. The van der Waals surface area contributed by atoms with E-state index in [-0.39, 0.29) is 56.3 Å². The van der Waals surface area contributed by atoms with Crippen LogP contribution in [0.1, 0.15) is 54.0 Å². The van der Waals surface area contributed by atoms with Gasteiger partial charge < -0.3 is 23.8 Å². The quantitative estimate of drug-likeness (QED) is 0.105. The number of hydrogen-bond donors (Lipinski definition) is 1. The summed E-state index contributed by atoms with van der Waals surface area (Å²) in [5, 5.41) is 9.98. The zero-order valence-corrected chi connectivity index (χ0v) is 36.3. The second kappa shape index (κ2) is 16.4. The molecule has 0 aliphatic carbocycles. The maximum Gasteiger partial charge on any atom is 0.264 e. The van der Waals surface area contributed by atoms with E-state index in [1.54, 1.807) is 32.7 Å². The number of benzene rings is 5. The van der Waals surface area contributed by atoms with E-state index in [1.807, 2.05) is 128 Å². The molecule has 9 rings (SSSR count). The molecule has 4 aliphatic rings. The van der Waals surface area contributed by atoms with Crippen molar-refractivity contribution in [2.75, 3.05) is 27.9 Å². The third-order valence-electron chi connectivity index (χ3n) is 13.2. The zero-order valence-electron chi connectivity index (χ0n) is 35.3. The first kappa shape index (κ1) is 41.4. The molecule has 4 aliphatic heterocycles. The van der Waals surface area contributed by atoms with E-state index in [4.69, 9.17) is 4.74 Å². The maximum atomic E-state index is 16.9. The highest BCUT2D eigenvalue weighted by Gasteiger charge is 2.67. The topological polar surface area (TPSA) is 111 Å². The molecular formula is C50H51FN4O6Si. The van der Waals surface area contributed by atoms with E-state index in [0.717, 1.165) is 39.3 Å². The first-order valence-corrected chi connectivity index (χ1v) is 24.5. The van der Waals surface area contributed by atoms with Crippen LogP contribution >= 0.6 is 0 Å². The van der Waals surface area contributed by atoms with Crippen LogP contribution in [0.2, 0.25) is 18.6 Å². The van der Waals surface area contributed by atoms with Crippen molar-refractivity contribution < 1.29 is 33.1 Å². The number of carbonyl (C=O) groups is 4. The minimum absolute atomic E-state index is 0.0153. The van der Waals surface area contributed by atoms with Crippen LogP contribution in [0.3, 0.4) is 0 Å². The lowest BCUT2D eigenvalue weighted by Crippen LogP contribution is -2.45. The Labute approximate surface area is 362 Å². The largest absolute Gasteiger partial charge is 0.395 e. The van der Waals surface area contributed by atoms with Crippen LogP contribution in [0, 0.1) is 5.92 Å². The van der Waals surface area contributed by atoms with Crippen LogP contribution < -0.4 is 14.7 Å². The van der Waals surface area contributed by atoms with Crippen LogP contribution in [-0.2, 0) is 55.4 Å². The summed E-state index contributed by atoms with van der Waals surface area (Å²) in [6, 6.07) is 38.4. The van der Waals surface area contributed by atoms with Crippen molar-refractivity contribution in [1.82, 2.24) is 4.90 Å². The second-order valence-electron chi connectivity index (χ2n) is 17.5. The lowest BCUT2D eigenvalue weighted by molar-refractivity contribution is -0.150. The van der Waals surface area contributed by atoms with Crippen molar-refractivity contribution in [3.63, 3.8) is 0 Å². The highest BCUT2D eigenvalue weighted by Crippen LogP contribution is 2.61. The summed E-state index contributed by atoms with van der Waals surface area (Å²) in [6.45, 7) is 5.33. The highest BCUT2D eigenvalue weighted by molar-refractivity contribution is 6.72. The Hall–Kier alpha value is -5.95. The minimum Gasteiger partial charge on any atom is -0.395 e. The van der Waals surface area contributed by atoms with Gasteiger partial charge in [-0.1, -0.05) is 85.8 Å². The highest BCUT2D eigenvalue weighted by atomic mass is 28.4. The number of anilines is 5. The first-order valence-electron chi connectivity index (χ1n) is 21.6. The van der Waals surface area contributed by atoms with Gasteiger partial charge in [0.15, 0.2) is 5.60 Å². The Kier molecular flexibility index (Phi) is 10.9. The van der Waals surface area contributed by atoms with E-state index in [0.29, 0.717) is 42.6 Å². The standard InChI is InChI=1S/C50H51FN4O6Si/c1-33-48(62(2,3)51)44(30-47(59)52(27-28-56)31-34-11-5-4-6-12-34)61-50(33)40-29-39(55-42-16-10-8-14-37(42)20-26-46(55)58)23-24-43(40)53(49(50)60)32-35-17-21-38(22-18-35)54-41-15-9-7-13-36(41)19-25-45(54)57/h4-18,21-24,29,33,44,48,56H,19-20,25-28,30-32H2,1-3H3/t33-,44+,48-,50+/m1/s1. The number of fused-ring (bicyclic) bond motifs is 4. The third-order valence-corrected chi connectivity index (χ3v) is 15.7. The number of nitrogens with zero attached hydrogens (tertiary/aromatic N) is 4. The average molecular weight is 851 g/mol. The maximum absolute atomic E-state index is 16.9. The van der Waals surface area contributed by atoms with Gasteiger partial charge in [0, 0.05) is 54.3 Å². The van der Waals surface area contributed by atoms with Gasteiger partial charge in [-0.3, -0.25) is 29.0 Å². The van der Waals surface area contributed by atoms with Gasteiger partial charge in [0.25, 0.3) is 5.91 Å². The van der Waals surface area contributed by atoms with E-state index in [2.05, 4.69) is 0 Å². The van der Waals surface area contributed by atoms with Gasteiger partial charge in [0.05, 0.1) is 42.7 Å². The molecule has 10 nitrogen and oxygen atoms in total. The van der Waals surface area contributed by atoms with E-state index in [1.165, 1.54) is 0 Å². The number of hydrogen-bond acceptors (Lipinski definition) is 6. The fourth-order valence-corrected chi connectivity index (χ4v) is 12.9. The summed E-state index contributed by atoms with van der Waals surface area (Å²) in [4.78, 5) is 63.3. The van der Waals surface area contributed by atoms with Crippen LogP contribution in [0.5, 0.6) is 0 Å². The molecule has 5 aromatic rings. The van der Waals surface area contributed by atoms with Crippen molar-refractivity contribution in [1.29, 1.82) is 0 Å². The van der Waals surface area contributed by atoms with Crippen LogP contribution in [0.4, 0.5) is 32.5 Å². The summed E-state index contributed by atoms with van der Waals surface area (Å²) in [6.07, 6.45) is 0.924. The number of para-hydroxylation sites is 2. The molecule has 0 unspecified atom stereocenters. The molecule has 0 bridgehead atoms. The number of carbonyl (C=O) groups excluding carboxylic acids is 4. The predicted molar refractivity (Wildman–Crippen MR) is 240 cm³/mol. The Balaban J connectivity index is 1.10. The van der Waals surface area contributed by atoms with Crippen molar-refractivity contribution in [3.8, 4) is 0 Å². The van der Waals surface area contributed by atoms with E-state index >= 15 is 8.90 Å². The van der Waals surface area contributed by atoms with Crippen molar-refractivity contribution >= 4 is 60.5 Å². The second-order valence-corrected chi connectivity index (χ2v) is 21.3. The van der Waals surface area contributed by atoms with Gasteiger partial charge in [0.1, 0.15) is 0 Å². The van der Waals surface area contributed by atoms with Crippen molar-refractivity contribution in [3.05, 3.63) is 149 Å². The monoisotopic (exact) mass is 850 g/mol. The molecule has 318 valence electrons. The molecular weight excluding hydrogens is 800 g/mol. The molecule has 4 amide bonds. The van der Waals surface area contributed by atoms with Gasteiger partial charge in [-0.2, -0.15) is 0 Å².